The quantitative estimate of drug-likeness (QED) is 0.778. The Hall–Kier alpha value is -2.54. The van der Waals surface area contributed by atoms with Crippen molar-refractivity contribution in [2.75, 3.05) is 13.7 Å². The lowest BCUT2D eigenvalue weighted by Gasteiger charge is -2.21. The monoisotopic (exact) mass is 342 g/mol. The number of tetrazole rings is 1. The molecule has 0 radical (unpaired) electrons. The predicted molar refractivity (Wildman–Crippen MR) is 92.3 cm³/mol. The number of aromatic carboxylic acids is 1. The van der Waals surface area contributed by atoms with E-state index in [-0.39, 0.29) is 5.92 Å². The first-order valence-electron chi connectivity index (χ1n) is 8.48. The molecule has 1 aliphatic carbocycles. The van der Waals surface area contributed by atoms with E-state index in [9.17, 15) is 9.90 Å². The van der Waals surface area contributed by atoms with Gasteiger partial charge in [-0.2, -0.15) is 0 Å². The molecule has 1 N–H and O–H groups in total. The summed E-state index contributed by atoms with van der Waals surface area (Å²) in [6.07, 6.45) is 5.99. The number of aromatic nitrogens is 4. The molecule has 0 amide bonds. The normalized spacial score (nSPS) is 17.3. The number of aryl methyl sites for hydroxylation is 1. The maximum Gasteiger partial charge on any atom is 0.335 e. The summed E-state index contributed by atoms with van der Waals surface area (Å²) in [5.74, 6) is 0.0892. The lowest BCUT2D eigenvalue weighted by Crippen LogP contribution is -2.11. The van der Waals surface area contributed by atoms with Gasteiger partial charge in [-0.3, -0.25) is 0 Å². The maximum atomic E-state index is 11.2. The predicted octanol–water partition coefficient (Wildman–Crippen LogP) is 2.76. The number of hydrogen-bond donors (Lipinski definition) is 1. The van der Waals surface area contributed by atoms with Crippen LogP contribution in [0.5, 0.6) is 0 Å². The Balaban J connectivity index is 1.83. The van der Waals surface area contributed by atoms with Crippen LogP contribution in [0.1, 0.15) is 53.3 Å². The van der Waals surface area contributed by atoms with E-state index in [4.69, 9.17) is 4.74 Å². The van der Waals surface area contributed by atoms with Crippen LogP contribution in [-0.4, -0.2) is 45.0 Å². The van der Waals surface area contributed by atoms with E-state index in [2.05, 4.69) is 21.6 Å². The molecule has 1 heterocycles. The Bertz CT molecular complexity index is 769. The summed E-state index contributed by atoms with van der Waals surface area (Å²) in [5, 5.41) is 21.3. The first-order chi connectivity index (χ1) is 12.2. The molecule has 1 unspecified atom stereocenters. The zero-order valence-electron chi connectivity index (χ0n) is 14.3. The number of allylic oxidation sites excluding steroid dienone is 2. The molecule has 3 rings (SSSR count). The number of carboxylic acid groups (broad SMARTS) is 1. The molecule has 0 saturated heterocycles. The van der Waals surface area contributed by atoms with Crippen LogP contribution < -0.4 is 0 Å². The molecule has 132 valence electrons. The molecular formula is C18H22N4O3. The van der Waals surface area contributed by atoms with Gasteiger partial charge >= 0.3 is 5.97 Å². The van der Waals surface area contributed by atoms with Crippen molar-refractivity contribution in [2.45, 2.75) is 38.1 Å². The second kappa shape index (κ2) is 8.02. The third kappa shape index (κ3) is 4.11. The Morgan fingerprint density at radius 1 is 1.44 bits per heavy atom. The van der Waals surface area contributed by atoms with Crippen molar-refractivity contribution in [1.29, 1.82) is 0 Å². The number of hydrogen-bond acceptors (Lipinski definition) is 5. The van der Waals surface area contributed by atoms with Crippen molar-refractivity contribution in [1.82, 2.24) is 20.2 Å². The standard InChI is InChI=1S/C18H22N4O3/c1-25-10-4-9-22-17(19-20-21-22)15-7-2-5-13(11-15)14-6-3-8-16(12-14)18(23)24/h3,6,8,11-13H,2,4-5,7,9-10H2,1H3,(H,23,24). The molecular weight excluding hydrogens is 320 g/mol. The van der Waals surface area contributed by atoms with Crippen LogP contribution in [0.2, 0.25) is 0 Å². The Labute approximate surface area is 146 Å². The fourth-order valence-electron chi connectivity index (χ4n) is 3.22. The number of nitrogens with zero attached hydrogens (tertiary/aromatic N) is 4. The van der Waals surface area contributed by atoms with E-state index in [1.807, 2.05) is 10.7 Å². The first-order valence-corrected chi connectivity index (χ1v) is 8.48. The van der Waals surface area contributed by atoms with Gasteiger partial charge in [-0.05, 0) is 59.4 Å². The summed E-state index contributed by atoms with van der Waals surface area (Å²) < 4.78 is 6.91. The molecule has 1 aliphatic rings. The minimum absolute atomic E-state index is 0.187. The van der Waals surface area contributed by atoms with Gasteiger partial charge in [0.05, 0.1) is 5.56 Å². The van der Waals surface area contributed by atoms with Gasteiger partial charge in [-0.25, -0.2) is 9.48 Å². The third-order valence-corrected chi connectivity index (χ3v) is 4.46. The summed E-state index contributed by atoms with van der Waals surface area (Å²) >= 11 is 0. The highest BCUT2D eigenvalue weighted by Crippen LogP contribution is 2.35. The minimum atomic E-state index is -0.899. The van der Waals surface area contributed by atoms with Crippen LogP contribution in [0.25, 0.3) is 5.57 Å². The molecule has 7 heteroatoms. The zero-order chi connectivity index (χ0) is 17.6. The van der Waals surface area contributed by atoms with Crippen molar-refractivity contribution < 1.29 is 14.6 Å². The van der Waals surface area contributed by atoms with Gasteiger partial charge < -0.3 is 9.84 Å². The van der Waals surface area contributed by atoms with Gasteiger partial charge in [-0.15, -0.1) is 5.10 Å². The van der Waals surface area contributed by atoms with E-state index in [0.29, 0.717) is 18.7 Å². The number of benzene rings is 1. The second-order valence-corrected chi connectivity index (χ2v) is 6.19. The summed E-state index contributed by atoms with van der Waals surface area (Å²) in [5.41, 5.74) is 2.47. The van der Waals surface area contributed by atoms with E-state index in [1.165, 1.54) is 0 Å². The molecule has 1 aromatic carbocycles. The fourth-order valence-corrected chi connectivity index (χ4v) is 3.22. The minimum Gasteiger partial charge on any atom is -0.478 e. The highest BCUT2D eigenvalue weighted by Gasteiger charge is 2.21. The van der Waals surface area contributed by atoms with Crippen molar-refractivity contribution in [2.24, 2.45) is 0 Å². The molecule has 2 aromatic rings. The third-order valence-electron chi connectivity index (χ3n) is 4.46. The van der Waals surface area contributed by atoms with E-state index in [1.54, 1.807) is 25.3 Å². The number of ether oxygens (including phenoxy) is 1. The molecule has 0 spiro atoms. The average molecular weight is 342 g/mol. The topological polar surface area (TPSA) is 90.1 Å². The van der Waals surface area contributed by atoms with Crippen molar-refractivity contribution >= 4 is 11.5 Å². The van der Waals surface area contributed by atoms with Gasteiger partial charge in [-0.1, -0.05) is 18.2 Å². The summed E-state index contributed by atoms with van der Waals surface area (Å²) in [4.78, 5) is 11.2. The smallest absolute Gasteiger partial charge is 0.335 e. The van der Waals surface area contributed by atoms with Crippen molar-refractivity contribution in [3.63, 3.8) is 0 Å². The Kier molecular flexibility index (Phi) is 5.55. The van der Waals surface area contributed by atoms with E-state index >= 15 is 0 Å². The molecule has 0 bridgehead atoms. The maximum absolute atomic E-state index is 11.2. The Morgan fingerprint density at radius 2 is 2.32 bits per heavy atom. The lowest BCUT2D eigenvalue weighted by atomic mass is 9.85. The molecule has 0 saturated carbocycles. The van der Waals surface area contributed by atoms with Gasteiger partial charge in [0.25, 0.3) is 0 Å². The van der Waals surface area contributed by atoms with E-state index in [0.717, 1.165) is 42.6 Å². The van der Waals surface area contributed by atoms with Gasteiger partial charge in [0.15, 0.2) is 5.82 Å². The summed E-state index contributed by atoms with van der Waals surface area (Å²) in [6, 6.07) is 7.16. The molecule has 1 atom stereocenters. The zero-order valence-corrected chi connectivity index (χ0v) is 14.3. The van der Waals surface area contributed by atoms with E-state index < -0.39 is 5.97 Å². The van der Waals surface area contributed by atoms with Crippen LogP contribution in [0, 0.1) is 0 Å². The van der Waals surface area contributed by atoms with Crippen LogP contribution in [-0.2, 0) is 11.3 Å². The van der Waals surface area contributed by atoms with Crippen LogP contribution in [0.4, 0.5) is 0 Å². The largest absolute Gasteiger partial charge is 0.478 e. The highest BCUT2D eigenvalue weighted by molar-refractivity contribution is 5.87. The van der Waals surface area contributed by atoms with Crippen LogP contribution >= 0.6 is 0 Å². The molecule has 0 aliphatic heterocycles. The average Bonchev–Trinajstić information content (AvgIpc) is 3.11. The number of methoxy groups -OCH3 is 1. The Morgan fingerprint density at radius 3 is 3.12 bits per heavy atom. The van der Waals surface area contributed by atoms with Gasteiger partial charge in [0, 0.05) is 26.2 Å². The molecule has 7 nitrogen and oxygen atoms in total. The van der Waals surface area contributed by atoms with Gasteiger partial charge in [0.2, 0.25) is 0 Å². The number of rotatable bonds is 7. The second-order valence-electron chi connectivity index (χ2n) is 6.19. The SMILES string of the molecule is COCCCn1nnnc1C1=CC(c2cccc(C(=O)O)c2)CCC1. The highest BCUT2D eigenvalue weighted by atomic mass is 16.5. The van der Waals surface area contributed by atoms with Gasteiger partial charge in [0.1, 0.15) is 0 Å². The lowest BCUT2D eigenvalue weighted by molar-refractivity contribution is 0.0696. The van der Waals surface area contributed by atoms with Crippen LogP contribution in [0.15, 0.2) is 30.3 Å². The fraction of sp³-hybridized carbons (Fsp3) is 0.444. The summed E-state index contributed by atoms with van der Waals surface area (Å²) in [6.45, 7) is 1.38. The number of carboxylic acids is 1. The van der Waals surface area contributed by atoms with Crippen molar-refractivity contribution in [3.05, 3.63) is 47.3 Å². The number of carbonyl (C=O) groups is 1. The van der Waals surface area contributed by atoms with Crippen LogP contribution in [0.3, 0.4) is 0 Å². The summed E-state index contributed by atoms with van der Waals surface area (Å²) in [7, 11) is 1.68. The van der Waals surface area contributed by atoms with Crippen molar-refractivity contribution in [3.8, 4) is 0 Å². The molecule has 0 fully saturated rings. The molecule has 25 heavy (non-hydrogen) atoms. The molecule has 1 aromatic heterocycles. The first kappa shape index (κ1) is 17.3.